The number of non-ortho nitro benzene ring substituents is 1. The van der Waals surface area contributed by atoms with Crippen molar-refractivity contribution in [2.24, 2.45) is 0 Å². The molecular formula is C20H14N2O3. The van der Waals surface area contributed by atoms with Gasteiger partial charge in [-0.15, -0.1) is 0 Å². The Hall–Kier alpha value is -3.65. The molecule has 0 atom stereocenters. The zero-order chi connectivity index (χ0) is 17.6. The largest absolute Gasteiger partial charge is 0.489 e. The quantitative estimate of drug-likeness (QED) is 0.501. The molecule has 0 heterocycles. The van der Waals surface area contributed by atoms with E-state index in [9.17, 15) is 10.1 Å². The number of ether oxygens (including phenoxy) is 1. The Bertz CT molecular complexity index is 926. The van der Waals surface area contributed by atoms with Crippen molar-refractivity contribution < 1.29 is 9.66 Å². The third kappa shape index (κ3) is 4.01. The first kappa shape index (κ1) is 16.2. The summed E-state index contributed by atoms with van der Waals surface area (Å²) in [6.07, 6.45) is 0. The molecule has 0 fully saturated rings. The van der Waals surface area contributed by atoms with Crippen molar-refractivity contribution >= 4 is 5.69 Å². The Labute approximate surface area is 144 Å². The molecule has 122 valence electrons. The van der Waals surface area contributed by atoms with Gasteiger partial charge in [0.2, 0.25) is 0 Å². The predicted molar refractivity (Wildman–Crippen MR) is 94.0 cm³/mol. The maximum Gasteiger partial charge on any atom is 0.269 e. The second kappa shape index (κ2) is 7.28. The van der Waals surface area contributed by atoms with Gasteiger partial charge in [0.05, 0.1) is 16.6 Å². The fraction of sp³-hybridized carbons (Fsp3) is 0.0500. The molecule has 0 saturated carbocycles. The fourth-order valence-electron chi connectivity index (χ4n) is 2.41. The molecule has 0 amide bonds. The van der Waals surface area contributed by atoms with Crippen molar-refractivity contribution in [3.05, 3.63) is 94.0 Å². The second-order valence-electron chi connectivity index (χ2n) is 5.43. The maximum absolute atomic E-state index is 10.8. The van der Waals surface area contributed by atoms with E-state index < -0.39 is 4.92 Å². The van der Waals surface area contributed by atoms with Gasteiger partial charge < -0.3 is 4.74 Å². The van der Waals surface area contributed by atoms with Gasteiger partial charge in [0, 0.05) is 12.1 Å². The Morgan fingerprint density at radius 3 is 2.20 bits per heavy atom. The molecule has 0 N–H and O–H groups in total. The van der Waals surface area contributed by atoms with Crippen LogP contribution in [0.3, 0.4) is 0 Å². The number of nitrogens with zero attached hydrogens (tertiary/aromatic N) is 2. The SMILES string of the molecule is N#Cc1ccc(-c2ccc(OCc3cccc([N+](=O)[O-])c3)cc2)cc1. The van der Waals surface area contributed by atoms with Crippen LogP contribution in [0, 0.1) is 21.4 Å². The first-order valence-electron chi connectivity index (χ1n) is 7.62. The molecule has 3 aromatic carbocycles. The van der Waals surface area contributed by atoms with Crippen LogP contribution < -0.4 is 4.74 Å². The van der Waals surface area contributed by atoms with Crippen LogP contribution in [0.4, 0.5) is 5.69 Å². The molecule has 3 aromatic rings. The third-order valence-electron chi connectivity index (χ3n) is 3.73. The minimum atomic E-state index is -0.421. The highest BCUT2D eigenvalue weighted by molar-refractivity contribution is 5.64. The lowest BCUT2D eigenvalue weighted by Gasteiger charge is -2.08. The van der Waals surface area contributed by atoms with Gasteiger partial charge in [0.15, 0.2) is 0 Å². The minimum absolute atomic E-state index is 0.0530. The molecule has 0 unspecified atom stereocenters. The highest BCUT2D eigenvalue weighted by Gasteiger charge is 2.06. The summed E-state index contributed by atoms with van der Waals surface area (Å²) >= 11 is 0. The number of benzene rings is 3. The number of nitriles is 1. The summed E-state index contributed by atoms with van der Waals surface area (Å²) < 4.78 is 5.69. The third-order valence-corrected chi connectivity index (χ3v) is 3.73. The average molecular weight is 330 g/mol. The van der Waals surface area contributed by atoms with Gasteiger partial charge in [-0.3, -0.25) is 10.1 Å². The van der Waals surface area contributed by atoms with Gasteiger partial charge in [-0.25, -0.2) is 0 Å². The van der Waals surface area contributed by atoms with Crippen molar-refractivity contribution in [3.63, 3.8) is 0 Å². The number of hydrogen-bond acceptors (Lipinski definition) is 4. The molecule has 5 heteroatoms. The van der Waals surface area contributed by atoms with Crippen LogP contribution in [0.5, 0.6) is 5.75 Å². The van der Waals surface area contributed by atoms with E-state index in [0.717, 1.165) is 16.7 Å². The van der Waals surface area contributed by atoms with Gasteiger partial charge in [-0.05, 0) is 41.0 Å². The van der Waals surface area contributed by atoms with E-state index in [2.05, 4.69) is 6.07 Å². The van der Waals surface area contributed by atoms with Gasteiger partial charge in [-0.2, -0.15) is 5.26 Å². The zero-order valence-corrected chi connectivity index (χ0v) is 13.3. The van der Waals surface area contributed by atoms with Gasteiger partial charge in [0.1, 0.15) is 12.4 Å². The van der Waals surface area contributed by atoms with Crippen LogP contribution in [0.1, 0.15) is 11.1 Å². The molecule has 0 saturated heterocycles. The highest BCUT2D eigenvalue weighted by Crippen LogP contribution is 2.23. The number of nitro groups is 1. The highest BCUT2D eigenvalue weighted by atomic mass is 16.6. The zero-order valence-electron chi connectivity index (χ0n) is 13.3. The molecule has 0 aliphatic rings. The molecule has 0 aliphatic heterocycles. The summed E-state index contributed by atoms with van der Waals surface area (Å²) in [6.45, 7) is 0.262. The van der Waals surface area contributed by atoms with Crippen LogP contribution in [-0.2, 0) is 6.61 Å². The van der Waals surface area contributed by atoms with E-state index in [-0.39, 0.29) is 12.3 Å². The van der Waals surface area contributed by atoms with Gasteiger partial charge in [0.25, 0.3) is 5.69 Å². The smallest absolute Gasteiger partial charge is 0.269 e. The Kier molecular flexibility index (Phi) is 4.72. The monoisotopic (exact) mass is 330 g/mol. The minimum Gasteiger partial charge on any atom is -0.489 e. The standard InChI is InChI=1S/C20H14N2O3/c21-13-15-4-6-17(7-5-15)18-8-10-20(11-9-18)25-14-16-2-1-3-19(12-16)22(23)24/h1-12H,14H2. The Morgan fingerprint density at radius 2 is 1.60 bits per heavy atom. The molecule has 0 bridgehead atoms. The molecule has 0 spiro atoms. The second-order valence-corrected chi connectivity index (χ2v) is 5.43. The maximum atomic E-state index is 10.8. The lowest BCUT2D eigenvalue weighted by atomic mass is 10.0. The predicted octanol–water partition coefficient (Wildman–Crippen LogP) is 4.71. The summed E-state index contributed by atoms with van der Waals surface area (Å²) in [5.74, 6) is 0.684. The molecule has 0 aromatic heterocycles. The Balaban J connectivity index is 1.67. The van der Waals surface area contributed by atoms with Crippen molar-refractivity contribution in [3.8, 4) is 22.9 Å². The number of hydrogen-bond donors (Lipinski definition) is 0. The molecular weight excluding hydrogens is 316 g/mol. The van der Waals surface area contributed by atoms with E-state index in [1.54, 1.807) is 24.3 Å². The number of nitro benzene ring substituents is 1. The van der Waals surface area contributed by atoms with E-state index in [1.807, 2.05) is 36.4 Å². The lowest BCUT2D eigenvalue weighted by molar-refractivity contribution is -0.384. The van der Waals surface area contributed by atoms with E-state index in [1.165, 1.54) is 12.1 Å². The van der Waals surface area contributed by atoms with E-state index in [4.69, 9.17) is 10.00 Å². The van der Waals surface area contributed by atoms with E-state index in [0.29, 0.717) is 11.3 Å². The van der Waals surface area contributed by atoms with Crippen LogP contribution in [0.25, 0.3) is 11.1 Å². The van der Waals surface area contributed by atoms with Crippen molar-refractivity contribution in [1.29, 1.82) is 5.26 Å². The summed E-state index contributed by atoms with van der Waals surface area (Å²) in [5.41, 5.74) is 3.46. The Morgan fingerprint density at radius 1 is 0.960 bits per heavy atom. The first-order valence-corrected chi connectivity index (χ1v) is 7.62. The van der Waals surface area contributed by atoms with Crippen LogP contribution in [0.15, 0.2) is 72.8 Å². The molecule has 3 rings (SSSR count). The van der Waals surface area contributed by atoms with Crippen molar-refractivity contribution in [2.75, 3.05) is 0 Å². The van der Waals surface area contributed by atoms with Crippen molar-refractivity contribution in [1.82, 2.24) is 0 Å². The van der Waals surface area contributed by atoms with Crippen molar-refractivity contribution in [2.45, 2.75) is 6.61 Å². The van der Waals surface area contributed by atoms with Gasteiger partial charge >= 0.3 is 0 Å². The average Bonchev–Trinajstić information content (AvgIpc) is 2.67. The number of rotatable bonds is 5. The summed E-state index contributed by atoms with van der Waals surface area (Å²) in [5, 5.41) is 19.6. The molecule has 0 radical (unpaired) electrons. The summed E-state index contributed by atoms with van der Waals surface area (Å²) in [6, 6.07) is 23.4. The van der Waals surface area contributed by atoms with Crippen LogP contribution in [-0.4, -0.2) is 4.92 Å². The van der Waals surface area contributed by atoms with Crippen LogP contribution >= 0.6 is 0 Å². The normalized spacial score (nSPS) is 10.0. The molecule has 5 nitrogen and oxygen atoms in total. The molecule has 0 aliphatic carbocycles. The van der Waals surface area contributed by atoms with Gasteiger partial charge in [-0.1, -0.05) is 36.4 Å². The topological polar surface area (TPSA) is 76.2 Å². The van der Waals surface area contributed by atoms with Crippen LogP contribution in [0.2, 0.25) is 0 Å². The summed E-state index contributed by atoms with van der Waals surface area (Å²) in [4.78, 5) is 10.4. The summed E-state index contributed by atoms with van der Waals surface area (Å²) in [7, 11) is 0. The van der Waals surface area contributed by atoms with E-state index >= 15 is 0 Å². The molecule has 25 heavy (non-hydrogen) atoms. The fourth-order valence-corrected chi connectivity index (χ4v) is 2.41. The lowest BCUT2D eigenvalue weighted by Crippen LogP contribution is -1.96. The first-order chi connectivity index (χ1) is 12.2.